The highest BCUT2D eigenvalue weighted by molar-refractivity contribution is 6.06. The van der Waals surface area contributed by atoms with Gasteiger partial charge in [0.15, 0.2) is 0 Å². The summed E-state index contributed by atoms with van der Waals surface area (Å²) < 4.78 is 5.88. The highest BCUT2D eigenvalue weighted by Gasteiger charge is 2.43. The topological polar surface area (TPSA) is 92.7 Å². The number of carbonyl (C=O) groups is 3. The van der Waals surface area contributed by atoms with Crippen LogP contribution < -0.4 is 5.32 Å². The first-order valence-electron chi connectivity index (χ1n) is 16.0. The van der Waals surface area contributed by atoms with E-state index >= 15 is 0 Å². The van der Waals surface area contributed by atoms with Gasteiger partial charge in [0.2, 0.25) is 5.91 Å². The third-order valence-corrected chi connectivity index (χ3v) is 9.07. The molecule has 0 bridgehead atoms. The Hall–Kier alpha value is -3.15. The lowest BCUT2D eigenvalue weighted by Crippen LogP contribution is -2.41. The maximum atomic E-state index is 12.1. The molecule has 0 aliphatic heterocycles. The van der Waals surface area contributed by atoms with Gasteiger partial charge in [-0.3, -0.25) is 19.7 Å². The van der Waals surface area contributed by atoms with Crippen molar-refractivity contribution in [3.8, 4) is 5.75 Å². The number of imide groups is 1. The number of rotatable bonds is 9. The van der Waals surface area contributed by atoms with Crippen LogP contribution in [0.2, 0.25) is 0 Å². The molecule has 6 heteroatoms. The molecular formula is C37H57NO5. The van der Waals surface area contributed by atoms with Crippen molar-refractivity contribution in [1.82, 2.24) is 5.32 Å². The molecule has 2 amide bonds. The summed E-state index contributed by atoms with van der Waals surface area (Å²) in [6.07, 6.45) is 7.13. The van der Waals surface area contributed by atoms with Crippen LogP contribution in [0.1, 0.15) is 136 Å². The highest BCUT2D eigenvalue weighted by Crippen LogP contribution is 2.41. The zero-order valence-electron chi connectivity index (χ0n) is 28.4. The van der Waals surface area contributed by atoms with Crippen LogP contribution in [0.3, 0.4) is 0 Å². The summed E-state index contributed by atoms with van der Waals surface area (Å²) in [6.45, 7) is 20.2. The van der Waals surface area contributed by atoms with Gasteiger partial charge in [0, 0.05) is 11.0 Å². The molecule has 1 aliphatic carbocycles. The molecular weight excluding hydrogens is 538 g/mol. The molecule has 1 unspecified atom stereocenters. The molecule has 2 N–H and O–H groups in total. The van der Waals surface area contributed by atoms with Crippen molar-refractivity contribution in [1.29, 1.82) is 0 Å². The molecule has 0 saturated heterocycles. The maximum Gasteiger partial charge on any atom is 0.312 e. The maximum absolute atomic E-state index is 12.1. The van der Waals surface area contributed by atoms with Crippen LogP contribution in [0.4, 0.5) is 0 Å². The Kier molecular flexibility index (Phi) is 15.2. The molecule has 43 heavy (non-hydrogen) atoms. The largest absolute Gasteiger partial charge is 0.508 e. The molecule has 2 aromatic rings. The highest BCUT2D eigenvalue weighted by atomic mass is 16.6. The molecule has 0 aromatic heterocycles. The number of carbonyl (C=O) groups excluding carboxylic acids is 3. The lowest BCUT2D eigenvalue weighted by atomic mass is 9.86. The van der Waals surface area contributed by atoms with Crippen LogP contribution in [-0.4, -0.2) is 28.5 Å². The van der Waals surface area contributed by atoms with Gasteiger partial charge in [-0.25, -0.2) is 0 Å². The molecule has 1 fully saturated rings. The first-order valence-corrected chi connectivity index (χ1v) is 16.0. The monoisotopic (exact) mass is 595 g/mol. The van der Waals surface area contributed by atoms with Gasteiger partial charge in [0.25, 0.3) is 5.91 Å². The number of ether oxygens (including phenoxy) is 1. The number of phenols is 1. The molecule has 6 nitrogen and oxygen atoms in total. The molecule has 1 atom stereocenters. The lowest BCUT2D eigenvalue weighted by Gasteiger charge is -2.36. The minimum absolute atomic E-state index is 0.0226. The number of phenolic OH excluding ortho intramolecular Hbond substituents is 1. The second kappa shape index (κ2) is 17.2. The standard InChI is InChI=1S/C14H26O2.C13H17NO2.C10H14O/c1-6-13(4,5)12(15)16-14(11(2)3)9-7-8-10-14;1-4-13(2,3)12(16)14-11(15)10-8-6-5-7-9-10;1-3-8(2)9-4-6-10(11)7-5-9/h11H,6-10H2,1-5H3;5-9H,4H2,1-3H3,(H,14,15,16);4-8,11H,3H2,1-2H3. The molecule has 0 heterocycles. The van der Waals surface area contributed by atoms with E-state index in [-0.39, 0.29) is 28.8 Å². The van der Waals surface area contributed by atoms with E-state index in [1.54, 1.807) is 36.4 Å². The average molecular weight is 596 g/mol. The Morgan fingerprint density at radius 1 is 0.837 bits per heavy atom. The molecule has 1 aliphatic rings. The van der Waals surface area contributed by atoms with Gasteiger partial charge < -0.3 is 9.84 Å². The molecule has 3 rings (SSSR count). The Morgan fingerprint density at radius 3 is 1.79 bits per heavy atom. The lowest BCUT2D eigenvalue weighted by molar-refractivity contribution is -0.175. The number of hydrogen-bond donors (Lipinski definition) is 2. The van der Waals surface area contributed by atoms with Gasteiger partial charge in [-0.15, -0.1) is 0 Å². The van der Waals surface area contributed by atoms with Gasteiger partial charge in [-0.2, -0.15) is 0 Å². The molecule has 2 aromatic carbocycles. The number of hydrogen-bond acceptors (Lipinski definition) is 5. The average Bonchev–Trinajstić information content (AvgIpc) is 3.48. The van der Waals surface area contributed by atoms with E-state index in [0.717, 1.165) is 25.7 Å². The fourth-order valence-electron chi connectivity index (χ4n) is 4.37. The minimum Gasteiger partial charge on any atom is -0.508 e. The van der Waals surface area contributed by atoms with Crippen molar-refractivity contribution < 1.29 is 24.2 Å². The van der Waals surface area contributed by atoms with Crippen molar-refractivity contribution in [3.05, 3.63) is 65.7 Å². The van der Waals surface area contributed by atoms with Crippen molar-refractivity contribution in [2.75, 3.05) is 0 Å². The third-order valence-electron chi connectivity index (χ3n) is 9.07. The summed E-state index contributed by atoms with van der Waals surface area (Å²) in [7, 11) is 0. The van der Waals surface area contributed by atoms with E-state index in [4.69, 9.17) is 9.84 Å². The number of benzene rings is 2. The van der Waals surface area contributed by atoms with Crippen molar-refractivity contribution in [2.45, 2.75) is 126 Å². The van der Waals surface area contributed by atoms with Crippen LogP contribution >= 0.6 is 0 Å². The Morgan fingerprint density at radius 2 is 1.35 bits per heavy atom. The zero-order valence-corrected chi connectivity index (χ0v) is 28.4. The Bertz CT molecular complexity index is 1130. The number of nitrogens with one attached hydrogen (secondary N) is 1. The van der Waals surface area contributed by atoms with Gasteiger partial charge in [0.05, 0.1) is 5.41 Å². The normalized spacial score (nSPS) is 14.9. The number of aromatic hydroxyl groups is 1. The van der Waals surface area contributed by atoms with Crippen LogP contribution in [0.25, 0.3) is 0 Å². The third kappa shape index (κ3) is 11.8. The summed E-state index contributed by atoms with van der Waals surface area (Å²) in [5, 5.41) is 11.4. The smallest absolute Gasteiger partial charge is 0.312 e. The Labute approximate surface area is 261 Å². The molecule has 240 valence electrons. The van der Waals surface area contributed by atoms with E-state index < -0.39 is 5.41 Å². The van der Waals surface area contributed by atoms with Gasteiger partial charge in [-0.1, -0.05) is 85.7 Å². The van der Waals surface area contributed by atoms with Crippen molar-refractivity contribution >= 4 is 17.8 Å². The quantitative estimate of drug-likeness (QED) is 0.282. The fraction of sp³-hybridized carbons (Fsp3) is 0.595. The number of amides is 2. The minimum atomic E-state index is -0.509. The molecule has 0 spiro atoms. The zero-order chi connectivity index (χ0) is 32.8. The summed E-state index contributed by atoms with van der Waals surface area (Å²) in [5.74, 6) is 0.765. The second-order valence-corrected chi connectivity index (χ2v) is 13.3. The summed E-state index contributed by atoms with van der Waals surface area (Å²) in [4.78, 5) is 35.6. The predicted molar refractivity (Wildman–Crippen MR) is 176 cm³/mol. The van der Waals surface area contributed by atoms with E-state index in [2.05, 4.69) is 33.0 Å². The fourth-order valence-corrected chi connectivity index (χ4v) is 4.37. The molecule has 1 saturated carbocycles. The van der Waals surface area contributed by atoms with E-state index in [1.807, 2.05) is 59.7 Å². The number of esters is 1. The summed E-state index contributed by atoms with van der Waals surface area (Å²) in [5.41, 5.74) is 0.770. The van der Waals surface area contributed by atoms with Crippen molar-refractivity contribution in [2.24, 2.45) is 16.7 Å². The SMILES string of the molecule is CCC(C)(C)C(=O)NC(=O)c1ccccc1.CCC(C)(C)C(=O)OC1(C(C)C)CCCC1.CCC(C)c1ccc(O)cc1. The summed E-state index contributed by atoms with van der Waals surface area (Å²) in [6, 6.07) is 16.2. The van der Waals surface area contributed by atoms with Gasteiger partial charge in [-0.05, 0) is 100 Å². The van der Waals surface area contributed by atoms with Gasteiger partial charge in [0.1, 0.15) is 11.4 Å². The van der Waals surface area contributed by atoms with Crippen molar-refractivity contribution in [3.63, 3.8) is 0 Å². The van der Waals surface area contributed by atoms with Crippen LogP contribution in [-0.2, 0) is 14.3 Å². The molecule has 0 radical (unpaired) electrons. The second-order valence-electron chi connectivity index (χ2n) is 13.3. The van der Waals surface area contributed by atoms with Gasteiger partial charge >= 0.3 is 5.97 Å². The van der Waals surface area contributed by atoms with E-state index in [9.17, 15) is 14.4 Å². The van der Waals surface area contributed by atoms with Crippen LogP contribution in [0.5, 0.6) is 5.75 Å². The first-order chi connectivity index (χ1) is 20.0. The summed E-state index contributed by atoms with van der Waals surface area (Å²) >= 11 is 0. The first kappa shape index (κ1) is 37.9. The van der Waals surface area contributed by atoms with Crippen LogP contribution in [0, 0.1) is 16.7 Å². The Balaban J connectivity index is 0.000000329. The predicted octanol–water partition coefficient (Wildman–Crippen LogP) is 9.22. The van der Waals surface area contributed by atoms with Crippen LogP contribution in [0.15, 0.2) is 54.6 Å². The van der Waals surface area contributed by atoms with E-state index in [0.29, 0.717) is 29.6 Å². The van der Waals surface area contributed by atoms with E-state index in [1.165, 1.54) is 18.4 Å².